The van der Waals surface area contributed by atoms with Crippen LogP contribution in [-0.4, -0.2) is 45.0 Å². The first kappa shape index (κ1) is 22.8. The molecule has 9 heteroatoms. The number of rotatable bonds is 7. The lowest BCUT2D eigenvalue weighted by molar-refractivity contribution is 0.0698. The van der Waals surface area contributed by atoms with Crippen molar-refractivity contribution < 1.29 is 19.4 Å². The number of carboxylic acid groups (broad SMARTS) is 1. The highest BCUT2D eigenvalue weighted by atomic mass is 16.5. The van der Waals surface area contributed by atoms with Gasteiger partial charge in [-0.3, -0.25) is 4.98 Å². The Hall–Kier alpha value is -4.40. The van der Waals surface area contributed by atoms with Gasteiger partial charge >= 0.3 is 5.97 Å². The Bertz CT molecular complexity index is 1360. The monoisotopic (exact) mass is 459 g/mol. The van der Waals surface area contributed by atoms with E-state index in [1.54, 1.807) is 43.3 Å². The van der Waals surface area contributed by atoms with Crippen LogP contribution >= 0.6 is 0 Å². The van der Waals surface area contributed by atoms with Gasteiger partial charge in [-0.05, 0) is 45.0 Å². The molecule has 0 aliphatic rings. The molecule has 174 valence electrons. The number of methoxy groups -OCH3 is 2. The molecule has 0 aliphatic carbocycles. The van der Waals surface area contributed by atoms with Crippen molar-refractivity contribution in [2.45, 2.75) is 20.8 Å². The number of aromatic nitrogens is 4. The fraction of sp³-hybridized carbons (Fsp3) is 0.200. The van der Waals surface area contributed by atoms with Gasteiger partial charge in [0, 0.05) is 23.9 Å². The maximum atomic E-state index is 11.9. The molecule has 0 saturated carbocycles. The second kappa shape index (κ2) is 9.22. The molecule has 4 aromatic rings. The van der Waals surface area contributed by atoms with Crippen molar-refractivity contribution in [1.29, 1.82) is 0 Å². The van der Waals surface area contributed by atoms with Gasteiger partial charge in [0.15, 0.2) is 5.82 Å². The largest absolute Gasteiger partial charge is 0.497 e. The van der Waals surface area contributed by atoms with Crippen LogP contribution in [0, 0.1) is 20.8 Å². The Kier molecular flexibility index (Phi) is 6.18. The van der Waals surface area contributed by atoms with Crippen LogP contribution in [0.5, 0.6) is 11.5 Å². The summed E-state index contributed by atoms with van der Waals surface area (Å²) in [6.45, 7) is 5.54. The molecule has 0 radical (unpaired) electrons. The van der Waals surface area contributed by atoms with Crippen LogP contribution in [-0.2, 0) is 0 Å². The van der Waals surface area contributed by atoms with E-state index in [4.69, 9.17) is 14.6 Å². The van der Waals surface area contributed by atoms with Crippen molar-refractivity contribution in [2.75, 3.05) is 19.5 Å². The molecule has 0 amide bonds. The first-order valence-corrected chi connectivity index (χ1v) is 10.5. The van der Waals surface area contributed by atoms with Crippen molar-refractivity contribution >= 4 is 17.5 Å². The average Bonchev–Trinajstić information content (AvgIpc) is 3.24. The van der Waals surface area contributed by atoms with Gasteiger partial charge in [-0.2, -0.15) is 9.78 Å². The van der Waals surface area contributed by atoms with Crippen molar-refractivity contribution in [3.63, 3.8) is 0 Å². The summed E-state index contributed by atoms with van der Waals surface area (Å²) >= 11 is 0. The minimum absolute atomic E-state index is 0.157. The number of anilines is 2. The lowest BCUT2D eigenvalue weighted by Gasteiger charge is -2.13. The van der Waals surface area contributed by atoms with Crippen molar-refractivity contribution in [3.05, 3.63) is 71.2 Å². The molecule has 2 aromatic carbocycles. The summed E-state index contributed by atoms with van der Waals surface area (Å²) in [5.41, 5.74) is 4.23. The predicted molar refractivity (Wildman–Crippen MR) is 129 cm³/mol. The molecule has 0 fully saturated rings. The van der Waals surface area contributed by atoms with E-state index in [0.29, 0.717) is 40.2 Å². The number of aryl methyl sites for hydroxylation is 3. The maximum absolute atomic E-state index is 11.9. The molecule has 34 heavy (non-hydrogen) atoms. The smallest absolute Gasteiger partial charge is 0.337 e. The first-order chi connectivity index (χ1) is 16.3. The molecule has 4 rings (SSSR count). The number of carbonyl (C=O) groups is 1. The Morgan fingerprint density at radius 1 is 1.00 bits per heavy atom. The van der Waals surface area contributed by atoms with E-state index in [1.165, 1.54) is 0 Å². The molecule has 2 N–H and O–H groups in total. The fourth-order valence-corrected chi connectivity index (χ4v) is 3.54. The molecule has 0 saturated heterocycles. The molecule has 2 aromatic heterocycles. The van der Waals surface area contributed by atoms with Crippen molar-refractivity contribution in [2.24, 2.45) is 0 Å². The summed E-state index contributed by atoms with van der Waals surface area (Å²) in [5.74, 6) is 1.29. The summed E-state index contributed by atoms with van der Waals surface area (Å²) in [4.78, 5) is 20.9. The van der Waals surface area contributed by atoms with Gasteiger partial charge < -0.3 is 19.9 Å². The third-order valence-corrected chi connectivity index (χ3v) is 5.28. The van der Waals surface area contributed by atoms with E-state index < -0.39 is 5.97 Å². The Morgan fingerprint density at radius 3 is 2.35 bits per heavy atom. The third kappa shape index (κ3) is 4.54. The molecule has 0 spiro atoms. The van der Waals surface area contributed by atoms with E-state index in [0.717, 1.165) is 16.8 Å². The lowest BCUT2D eigenvalue weighted by atomic mass is 10.1. The Balaban J connectivity index is 1.90. The van der Waals surface area contributed by atoms with Crippen LogP contribution in [0.25, 0.3) is 17.1 Å². The van der Waals surface area contributed by atoms with E-state index >= 15 is 0 Å². The molecule has 0 aliphatic heterocycles. The number of hydrogen-bond donors (Lipinski definition) is 2. The lowest BCUT2D eigenvalue weighted by Crippen LogP contribution is -2.10. The molecule has 2 heterocycles. The average molecular weight is 460 g/mol. The molecule has 9 nitrogen and oxygen atoms in total. The summed E-state index contributed by atoms with van der Waals surface area (Å²) in [6.07, 6.45) is 1.69. The van der Waals surface area contributed by atoms with Crippen LogP contribution in [0.2, 0.25) is 0 Å². The SMILES string of the molecule is COc1cc(OC)cc(-c2cc(Nc3ccc(C)cc3C(=O)O)n(-c3nc(C)cnc3C)n2)c1. The van der Waals surface area contributed by atoms with E-state index in [9.17, 15) is 9.90 Å². The van der Waals surface area contributed by atoms with Gasteiger partial charge in [-0.15, -0.1) is 0 Å². The number of benzene rings is 2. The second-order valence-corrected chi connectivity index (χ2v) is 7.83. The van der Waals surface area contributed by atoms with Gasteiger partial charge in [0.25, 0.3) is 0 Å². The van der Waals surface area contributed by atoms with Crippen LogP contribution in [0.1, 0.15) is 27.3 Å². The normalized spacial score (nSPS) is 10.7. The summed E-state index contributed by atoms with van der Waals surface area (Å²) in [7, 11) is 3.17. The highest BCUT2D eigenvalue weighted by Gasteiger charge is 2.19. The summed E-state index contributed by atoms with van der Waals surface area (Å²) in [5, 5.41) is 17.7. The summed E-state index contributed by atoms with van der Waals surface area (Å²) in [6, 6.07) is 12.5. The Labute approximate surface area is 197 Å². The van der Waals surface area contributed by atoms with Crippen LogP contribution in [0.4, 0.5) is 11.5 Å². The topological polar surface area (TPSA) is 111 Å². The van der Waals surface area contributed by atoms with Crippen molar-refractivity contribution in [1.82, 2.24) is 19.7 Å². The highest BCUT2D eigenvalue weighted by molar-refractivity contribution is 5.95. The molecule has 0 bridgehead atoms. The number of nitrogens with one attached hydrogen (secondary N) is 1. The summed E-state index contributed by atoms with van der Waals surface area (Å²) < 4.78 is 12.4. The number of ether oxygens (including phenoxy) is 2. The first-order valence-electron chi connectivity index (χ1n) is 10.5. The second-order valence-electron chi connectivity index (χ2n) is 7.83. The third-order valence-electron chi connectivity index (χ3n) is 5.28. The predicted octanol–water partition coefficient (Wildman–Crippen LogP) is 4.71. The zero-order valence-electron chi connectivity index (χ0n) is 19.6. The highest BCUT2D eigenvalue weighted by Crippen LogP contribution is 2.33. The number of carboxylic acids is 1. The molecular weight excluding hydrogens is 434 g/mol. The molecular formula is C25H25N5O4. The standard InChI is InChI=1S/C25H25N5O4/c1-14-6-7-21(20(8-14)25(31)32)28-23-12-22(17-9-18(33-4)11-19(10-17)34-5)29-30(23)24-16(3)26-13-15(2)27-24/h6-13,28H,1-5H3,(H,31,32). The van der Waals surface area contributed by atoms with Gasteiger partial charge in [0.1, 0.15) is 17.3 Å². The van der Waals surface area contributed by atoms with Crippen LogP contribution in [0.15, 0.2) is 48.7 Å². The van der Waals surface area contributed by atoms with Gasteiger partial charge in [0.05, 0.1) is 42.6 Å². The fourth-order valence-electron chi connectivity index (χ4n) is 3.54. The van der Waals surface area contributed by atoms with Gasteiger partial charge in [-0.25, -0.2) is 9.78 Å². The molecule has 0 atom stereocenters. The van der Waals surface area contributed by atoms with Crippen LogP contribution in [0.3, 0.4) is 0 Å². The minimum atomic E-state index is -1.03. The van der Waals surface area contributed by atoms with Gasteiger partial charge in [-0.1, -0.05) is 11.6 Å². The van der Waals surface area contributed by atoms with E-state index in [2.05, 4.69) is 15.3 Å². The van der Waals surface area contributed by atoms with Crippen LogP contribution < -0.4 is 14.8 Å². The number of aromatic carboxylic acids is 1. The number of nitrogens with zero attached hydrogens (tertiary/aromatic N) is 4. The Morgan fingerprint density at radius 2 is 1.71 bits per heavy atom. The minimum Gasteiger partial charge on any atom is -0.497 e. The quantitative estimate of drug-likeness (QED) is 0.409. The maximum Gasteiger partial charge on any atom is 0.337 e. The molecule has 0 unspecified atom stereocenters. The van der Waals surface area contributed by atoms with E-state index in [1.807, 2.05) is 45.0 Å². The van der Waals surface area contributed by atoms with Gasteiger partial charge in [0.2, 0.25) is 0 Å². The van der Waals surface area contributed by atoms with Crippen molar-refractivity contribution in [3.8, 4) is 28.6 Å². The zero-order chi connectivity index (χ0) is 24.4. The zero-order valence-corrected chi connectivity index (χ0v) is 19.6. The number of hydrogen-bond acceptors (Lipinski definition) is 7. The van der Waals surface area contributed by atoms with E-state index in [-0.39, 0.29) is 5.56 Å².